The number of nitrogens with one attached hydrogen (secondary N) is 1. The van der Waals surface area contributed by atoms with Gasteiger partial charge in [-0.25, -0.2) is 8.42 Å². The maximum atomic E-state index is 14.1. The molecule has 0 aromatic heterocycles. The highest BCUT2D eigenvalue weighted by molar-refractivity contribution is 7.92. The van der Waals surface area contributed by atoms with Crippen LogP contribution in [0.4, 0.5) is 5.69 Å². The Morgan fingerprint density at radius 3 is 2.15 bits per heavy atom. The van der Waals surface area contributed by atoms with E-state index in [1.807, 2.05) is 20.8 Å². The molecule has 3 rings (SSSR count). The maximum Gasteiger partial charge on any atom is 0.264 e. The van der Waals surface area contributed by atoms with Crippen molar-refractivity contribution in [3.05, 3.63) is 92.9 Å². The second-order valence-electron chi connectivity index (χ2n) is 9.80. The van der Waals surface area contributed by atoms with Gasteiger partial charge in [0, 0.05) is 27.7 Å². The van der Waals surface area contributed by atoms with Crippen molar-refractivity contribution in [1.82, 2.24) is 10.2 Å². The summed E-state index contributed by atoms with van der Waals surface area (Å²) >= 11 is 18.8. The molecule has 0 aliphatic carbocycles. The molecule has 0 saturated heterocycles. The number of amides is 2. The Kier molecular flexibility index (Phi) is 11.5. The zero-order chi connectivity index (χ0) is 30.3. The molecule has 0 aliphatic heterocycles. The van der Waals surface area contributed by atoms with Gasteiger partial charge in [0.05, 0.1) is 10.6 Å². The molecule has 3 aromatic carbocycles. The Hall–Kier alpha value is -2.78. The van der Waals surface area contributed by atoms with Gasteiger partial charge in [0.25, 0.3) is 10.0 Å². The minimum Gasteiger partial charge on any atom is -0.352 e. The molecule has 220 valence electrons. The molecular weight excluding hydrogens is 605 g/mol. The first kappa shape index (κ1) is 32.7. The van der Waals surface area contributed by atoms with Gasteiger partial charge >= 0.3 is 0 Å². The average Bonchev–Trinajstić information content (AvgIpc) is 2.92. The van der Waals surface area contributed by atoms with Crippen molar-refractivity contribution in [2.24, 2.45) is 0 Å². The van der Waals surface area contributed by atoms with Crippen LogP contribution in [0.25, 0.3) is 0 Å². The van der Waals surface area contributed by atoms with Crippen LogP contribution in [-0.4, -0.2) is 43.8 Å². The summed E-state index contributed by atoms with van der Waals surface area (Å²) in [4.78, 5) is 28.9. The Bertz CT molecular complexity index is 1480. The molecule has 2 atom stereocenters. The molecule has 0 bridgehead atoms. The van der Waals surface area contributed by atoms with Crippen molar-refractivity contribution < 1.29 is 18.0 Å². The number of nitrogens with zero attached hydrogens (tertiary/aromatic N) is 2. The zero-order valence-corrected chi connectivity index (χ0v) is 26.5. The summed E-state index contributed by atoms with van der Waals surface area (Å²) in [6, 6.07) is 16.5. The lowest BCUT2D eigenvalue weighted by molar-refractivity contribution is -0.140. The van der Waals surface area contributed by atoms with E-state index in [0.29, 0.717) is 33.5 Å². The van der Waals surface area contributed by atoms with Crippen molar-refractivity contribution in [3.8, 4) is 0 Å². The van der Waals surface area contributed by atoms with Crippen LogP contribution in [0.1, 0.15) is 44.7 Å². The molecule has 0 radical (unpaired) electrons. The third-order valence-electron chi connectivity index (χ3n) is 6.73. The molecule has 0 unspecified atom stereocenters. The topological polar surface area (TPSA) is 86.8 Å². The highest BCUT2D eigenvalue weighted by atomic mass is 35.5. The predicted molar refractivity (Wildman–Crippen MR) is 166 cm³/mol. The molecule has 0 aliphatic rings. The number of carbonyl (C=O) groups is 2. The van der Waals surface area contributed by atoms with Gasteiger partial charge in [0.1, 0.15) is 12.6 Å². The standard InChI is InChI=1S/C30H34Cl3N3O4S/c1-5-21(4)34-30(38)28(6-2)35(18-22-12-13-24(32)17-27(22)33)29(37)19-36(25-9-7-8-23(31)16-25)41(39,40)26-14-10-20(3)11-15-26/h7-17,21,28H,5-6,18-19H2,1-4H3,(H,34,38)/t21-,28-/m1/s1. The summed E-state index contributed by atoms with van der Waals surface area (Å²) in [6.45, 7) is 6.86. The maximum absolute atomic E-state index is 14.1. The van der Waals surface area contributed by atoms with Crippen LogP contribution in [0.15, 0.2) is 71.6 Å². The molecule has 11 heteroatoms. The Morgan fingerprint density at radius 2 is 1.56 bits per heavy atom. The van der Waals surface area contributed by atoms with Gasteiger partial charge in [-0.15, -0.1) is 0 Å². The molecule has 0 fully saturated rings. The van der Waals surface area contributed by atoms with Crippen LogP contribution in [0, 0.1) is 6.92 Å². The Morgan fingerprint density at radius 1 is 0.902 bits per heavy atom. The van der Waals surface area contributed by atoms with Crippen LogP contribution in [0.2, 0.25) is 15.1 Å². The lowest BCUT2D eigenvalue weighted by atomic mass is 10.1. The lowest BCUT2D eigenvalue weighted by Crippen LogP contribution is -2.53. The van der Waals surface area contributed by atoms with E-state index in [4.69, 9.17) is 34.8 Å². The van der Waals surface area contributed by atoms with E-state index in [9.17, 15) is 18.0 Å². The van der Waals surface area contributed by atoms with Crippen molar-refractivity contribution in [1.29, 1.82) is 0 Å². The molecule has 0 spiro atoms. The van der Waals surface area contributed by atoms with Gasteiger partial charge in [-0.2, -0.15) is 0 Å². The molecule has 1 N–H and O–H groups in total. The Labute approximate surface area is 257 Å². The van der Waals surface area contributed by atoms with E-state index in [2.05, 4.69) is 5.32 Å². The second kappa shape index (κ2) is 14.4. The third-order valence-corrected chi connectivity index (χ3v) is 9.34. The molecule has 0 saturated carbocycles. The van der Waals surface area contributed by atoms with E-state index in [0.717, 1.165) is 9.87 Å². The fourth-order valence-electron chi connectivity index (χ4n) is 4.19. The van der Waals surface area contributed by atoms with Crippen molar-refractivity contribution in [2.45, 2.75) is 64.1 Å². The smallest absolute Gasteiger partial charge is 0.264 e. The largest absolute Gasteiger partial charge is 0.352 e. The Balaban J connectivity index is 2.08. The number of rotatable bonds is 12. The first-order valence-electron chi connectivity index (χ1n) is 13.3. The quantitative estimate of drug-likeness (QED) is 0.235. The highest BCUT2D eigenvalue weighted by Gasteiger charge is 2.34. The van der Waals surface area contributed by atoms with Gasteiger partial charge < -0.3 is 10.2 Å². The first-order chi connectivity index (χ1) is 19.4. The summed E-state index contributed by atoms with van der Waals surface area (Å²) in [7, 11) is -4.20. The minimum absolute atomic E-state index is 0.0183. The minimum atomic E-state index is -4.20. The van der Waals surface area contributed by atoms with Gasteiger partial charge in [0.15, 0.2) is 0 Å². The third kappa shape index (κ3) is 8.38. The van der Waals surface area contributed by atoms with E-state index in [1.165, 1.54) is 23.1 Å². The number of carbonyl (C=O) groups excluding carboxylic acids is 2. The first-order valence-corrected chi connectivity index (χ1v) is 15.8. The SMILES string of the molecule is CC[C@@H](C)NC(=O)[C@@H](CC)N(Cc1ccc(Cl)cc1Cl)C(=O)CN(c1cccc(Cl)c1)S(=O)(=O)c1ccc(C)cc1. The van der Waals surface area contributed by atoms with Crippen molar-refractivity contribution in [3.63, 3.8) is 0 Å². The normalized spacial score (nSPS) is 12.9. The number of anilines is 1. The van der Waals surface area contributed by atoms with Crippen molar-refractivity contribution >= 4 is 62.3 Å². The fraction of sp³-hybridized carbons (Fsp3) is 0.333. The van der Waals surface area contributed by atoms with Crippen LogP contribution < -0.4 is 9.62 Å². The van der Waals surface area contributed by atoms with Crippen LogP contribution in [-0.2, 0) is 26.2 Å². The number of halogens is 3. The van der Waals surface area contributed by atoms with E-state index in [1.54, 1.807) is 55.5 Å². The number of aryl methyl sites for hydroxylation is 1. The summed E-state index contributed by atoms with van der Waals surface area (Å²) in [5, 5.41) is 4.00. The van der Waals surface area contributed by atoms with Crippen molar-refractivity contribution in [2.75, 3.05) is 10.8 Å². The second-order valence-corrected chi connectivity index (χ2v) is 12.9. The summed E-state index contributed by atoms with van der Waals surface area (Å²) in [6.07, 6.45) is 0.998. The summed E-state index contributed by atoms with van der Waals surface area (Å²) < 4.78 is 28.9. The fourth-order valence-corrected chi connectivity index (χ4v) is 6.25. The molecule has 7 nitrogen and oxygen atoms in total. The summed E-state index contributed by atoms with van der Waals surface area (Å²) in [5.74, 6) is -0.922. The predicted octanol–water partition coefficient (Wildman–Crippen LogP) is 6.87. The highest BCUT2D eigenvalue weighted by Crippen LogP contribution is 2.28. The van der Waals surface area contributed by atoms with Gasteiger partial charge in [-0.1, -0.05) is 78.5 Å². The molecule has 2 amide bonds. The number of hydrogen-bond acceptors (Lipinski definition) is 4. The van der Waals surface area contributed by atoms with E-state index >= 15 is 0 Å². The van der Waals surface area contributed by atoms with E-state index < -0.39 is 28.5 Å². The monoisotopic (exact) mass is 637 g/mol. The van der Waals surface area contributed by atoms with Gasteiger partial charge in [-0.3, -0.25) is 13.9 Å². The lowest BCUT2D eigenvalue weighted by Gasteiger charge is -2.34. The average molecular weight is 639 g/mol. The van der Waals surface area contributed by atoms with E-state index in [-0.39, 0.29) is 29.1 Å². The molecule has 0 heterocycles. The van der Waals surface area contributed by atoms with Crippen LogP contribution in [0.3, 0.4) is 0 Å². The zero-order valence-electron chi connectivity index (χ0n) is 23.4. The van der Waals surface area contributed by atoms with Gasteiger partial charge in [-0.05, 0) is 74.7 Å². The number of sulfonamides is 1. The molecular formula is C30H34Cl3N3O4S. The summed E-state index contributed by atoms with van der Waals surface area (Å²) in [5.41, 5.74) is 1.67. The van der Waals surface area contributed by atoms with Crippen LogP contribution >= 0.6 is 34.8 Å². The number of benzene rings is 3. The molecule has 41 heavy (non-hydrogen) atoms. The van der Waals surface area contributed by atoms with Crippen LogP contribution in [0.5, 0.6) is 0 Å². The molecule has 3 aromatic rings. The number of hydrogen-bond donors (Lipinski definition) is 1. The van der Waals surface area contributed by atoms with Gasteiger partial charge in [0.2, 0.25) is 11.8 Å².